The summed E-state index contributed by atoms with van der Waals surface area (Å²) in [5.74, 6) is 0.340. The van der Waals surface area contributed by atoms with Gasteiger partial charge in [0, 0.05) is 6.54 Å². The van der Waals surface area contributed by atoms with E-state index in [0.29, 0.717) is 5.75 Å². The zero-order valence-corrected chi connectivity index (χ0v) is 10.6. The lowest BCUT2D eigenvalue weighted by molar-refractivity contribution is 0.343. The van der Waals surface area contributed by atoms with Gasteiger partial charge in [-0.15, -0.1) is 0 Å². The minimum Gasteiger partial charge on any atom is -0.508 e. The minimum atomic E-state index is 0.340. The van der Waals surface area contributed by atoms with Crippen LogP contribution in [-0.2, 0) is 6.42 Å². The first-order chi connectivity index (χ1) is 8.81. The smallest absolute Gasteiger partial charge is 0.116 e. The van der Waals surface area contributed by atoms with Crippen LogP contribution in [0.1, 0.15) is 18.4 Å². The minimum absolute atomic E-state index is 0.340. The van der Waals surface area contributed by atoms with Crippen molar-refractivity contribution in [1.29, 1.82) is 0 Å². The molecule has 2 aromatic rings. The fourth-order valence-corrected chi connectivity index (χ4v) is 2.73. The van der Waals surface area contributed by atoms with Crippen molar-refractivity contribution in [3.63, 3.8) is 0 Å². The van der Waals surface area contributed by atoms with Crippen molar-refractivity contribution in [2.24, 2.45) is 0 Å². The maximum absolute atomic E-state index is 9.44. The van der Waals surface area contributed by atoms with Crippen LogP contribution in [0, 0.1) is 0 Å². The van der Waals surface area contributed by atoms with Gasteiger partial charge in [-0.05, 0) is 60.8 Å². The lowest BCUT2D eigenvalue weighted by atomic mass is 10.0. The Hall–Kier alpha value is -1.54. The Balaban J connectivity index is 1.74. The van der Waals surface area contributed by atoms with Gasteiger partial charge in [0.05, 0.1) is 0 Å². The van der Waals surface area contributed by atoms with Crippen LogP contribution in [0.15, 0.2) is 36.4 Å². The number of nitrogens with zero attached hydrogens (tertiary/aromatic N) is 1. The summed E-state index contributed by atoms with van der Waals surface area (Å²) in [7, 11) is 0. The molecule has 1 saturated heterocycles. The van der Waals surface area contributed by atoms with Crippen LogP contribution < -0.4 is 0 Å². The van der Waals surface area contributed by atoms with Crippen LogP contribution in [0.2, 0.25) is 0 Å². The Labute approximate surface area is 108 Å². The SMILES string of the molecule is Oc1ccc2cc(CCN3CCCC3)ccc2c1. The van der Waals surface area contributed by atoms with Crippen LogP contribution in [0.4, 0.5) is 0 Å². The van der Waals surface area contributed by atoms with E-state index in [0.717, 1.165) is 11.8 Å². The monoisotopic (exact) mass is 241 g/mol. The summed E-state index contributed by atoms with van der Waals surface area (Å²) in [6, 6.07) is 12.1. The number of rotatable bonds is 3. The standard InChI is InChI=1S/C16H19NO/c18-16-6-5-14-11-13(3-4-15(14)12-16)7-10-17-8-1-2-9-17/h3-6,11-12,18H,1-2,7-10H2. The Morgan fingerprint density at radius 3 is 2.50 bits per heavy atom. The molecule has 0 saturated carbocycles. The summed E-state index contributed by atoms with van der Waals surface area (Å²) < 4.78 is 0. The quantitative estimate of drug-likeness (QED) is 0.892. The molecule has 1 aliphatic heterocycles. The molecule has 1 aliphatic rings. The van der Waals surface area contributed by atoms with Crippen molar-refractivity contribution in [3.8, 4) is 5.75 Å². The summed E-state index contributed by atoms with van der Waals surface area (Å²) in [4.78, 5) is 2.54. The number of hydrogen-bond donors (Lipinski definition) is 1. The first kappa shape index (κ1) is 11.5. The molecule has 2 heteroatoms. The van der Waals surface area contributed by atoms with Crippen molar-refractivity contribution < 1.29 is 5.11 Å². The molecule has 0 amide bonds. The zero-order chi connectivity index (χ0) is 12.4. The van der Waals surface area contributed by atoms with E-state index >= 15 is 0 Å². The Morgan fingerprint density at radius 1 is 0.944 bits per heavy atom. The third-order valence-electron chi connectivity index (χ3n) is 3.80. The molecule has 1 fully saturated rings. The molecule has 1 heterocycles. The highest BCUT2D eigenvalue weighted by Gasteiger charge is 2.10. The van der Waals surface area contributed by atoms with Gasteiger partial charge >= 0.3 is 0 Å². The van der Waals surface area contributed by atoms with E-state index in [2.05, 4.69) is 23.1 Å². The predicted octanol–water partition coefficient (Wildman–Crippen LogP) is 3.18. The van der Waals surface area contributed by atoms with E-state index in [1.54, 1.807) is 6.07 Å². The van der Waals surface area contributed by atoms with Gasteiger partial charge < -0.3 is 10.0 Å². The van der Waals surface area contributed by atoms with Crippen molar-refractivity contribution in [2.45, 2.75) is 19.3 Å². The number of phenolic OH excluding ortho intramolecular Hbond substituents is 1. The molecule has 1 N–H and O–H groups in total. The van der Waals surface area contributed by atoms with Gasteiger partial charge in [-0.1, -0.05) is 24.3 Å². The van der Waals surface area contributed by atoms with Crippen LogP contribution in [0.25, 0.3) is 10.8 Å². The molecule has 2 aromatic carbocycles. The van der Waals surface area contributed by atoms with E-state index in [9.17, 15) is 5.11 Å². The molecule has 2 nitrogen and oxygen atoms in total. The predicted molar refractivity (Wildman–Crippen MR) is 75.0 cm³/mol. The Morgan fingerprint density at radius 2 is 1.67 bits per heavy atom. The summed E-state index contributed by atoms with van der Waals surface area (Å²) in [5.41, 5.74) is 1.39. The van der Waals surface area contributed by atoms with E-state index in [-0.39, 0.29) is 0 Å². The van der Waals surface area contributed by atoms with Gasteiger partial charge in [0.1, 0.15) is 5.75 Å². The fourth-order valence-electron chi connectivity index (χ4n) is 2.73. The van der Waals surface area contributed by atoms with Crippen molar-refractivity contribution in [3.05, 3.63) is 42.0 Å². The van der Waals surface area contributed by atoms with Crippen LogP contribution in [0.3, 0.4) is 0 Å². The fraction of sp³-hybridized carbons (Fsp3) is 0.375. The molecule has 18 heavy (non-hydrogen) atoms. The lowest BCUT2D eigenvalue weighted by Gasteiger charge is -2.14. The molecule has 0 spiro atoms. The van der Waals surface area contributed by atoms with E-state index in [1.165, 1.54) is 43.4 Å². The lowest BCUT2D eigenvalue weighted by Crippen LogP contribution is -2.21. The van der Waals surface area contributed by atoms with Gasteiger partial charge in [-0.25, -0.2) is 0 Å². The van der Waals surface area contributed by atoms with Gasteiger partial charge in [0.25, 0.3) is 0 Å². The first-order valence-electron chi connectivity index (χ1n) is 6.75. The van der Waals surface area contributed by atoms with Crippen molar-refractivity contribution in [2.75, 3.05) is 19.6 Å². The largest absolute Gasteiger partial charge is 0.508 e. The number of aromatic hydroxyl groups is 1. The Bertz CT molecular complexity index is 544. The number of hydrogen-bond acceptors (Lipinski definition) is 2. The van der Waals surface area contributed by atoms with Crippen molar-refractivity contribution in [1.82, 2.24) is 4.90 Å². The van der Waals surface area contributed by atoms with Crippen LogP contribution in [0.5, 0.6) is 5.75 Å². The number of fused-ring (bicyclic) bond motifs is 1. The Kier molecular flexibility index (Phi) is 3.20. The molecule has 0 unspecified atom stereocenters. The number of likely N-dealkylation sites (tertiary alicyclic amines) is 1. The maximum Gasteiger partial charge on any atom is 0.116 e. The summed E-state index contributed by atoms with van der Waals surface area (Å²) in [5, 5.41) is 11.8. The zero-order valence-electron chi connectivity index (χ0n) is 10.6. The molecule has 0 aliphatic carbocycles. The molecule has 0 aromatic heterocycles. The highest BCUT2D eigenvalue weighted by atomic mass is 16.3. The van der Waals surface area contributed by atoms with Gasteiger partial charge in [-0.3, -0.25) is 0 Å². The molecule has 0 atom stereocenters. The van der Waals surface area contributed by atoms with Gasteiger partial charge in [0.15, 0.2) is 0 Å². The summed E-state index contributed by atoms with van der Waals surface area (Å²) >= 11 is 0. The van der Waals surface area contributed by atoms with Gasteiger partial charge in [-0.2, -0.15) is 0 Å². The van der Waals surface area contributed by atoms with Crippen LogP contribution >= 0.6 is 0 Å². The molecule has 94 valence electrons. The second-order valence-corrected chi connectivity index (χ2v) is 5.16. The van der Waals surface area contributed by atoms with Crippen molar-refractivity contribution >= 4 is 10.8 Å². The first-order valence-corrected chi connectivity index (χ1v) is 6.75. The normalized spacial score (nSPS) is 16.4. The number of benzene rings is 2. The second-order valence-electron chi connectivity index (χ2n) is 5.16. The average Bonchev–Trinajstić information content (AvgIpc) is 2.89. The molecular weight excluding hydrogens is 222 g/mol. The molecule has 0 bridgehead atoms. The molecular formula is C16H19NO. The second kappa shape index (κ2) is 4.99. The molecule has 0 radical (unpaired) electrons. The molecule has 3 rings (SSSR count). The van der Waals surface area contributed by atoms with E-state index in [4.69, 9.17) is 0 Å². The maximum atomic E-state index is 9.44. The van der Waals surface area contributed by atoms with Gasteiger partial charge in [0.2, 0.25) is 0 Å². The third-order valence-corrected chi connectivity index (χ3v) is 3.80. The average molecular weight is 241 g/mol. The highest BCUT2D eigenvalue weighted by molar-refractivity contribution is 5.84. The van der Waals surface area contributed by atoms with E-state index < -0.39 is 0 Å². The summed E-state index contributed by atoms with van der Waals surface area (Å²) in [6.07, 6.45) is 3.84. The topological polar surface area (TPSA) is 23.5 Å². The number of phenols is 1. The highest BCUT2D eigenvalue weighted by Crippen LogP contribution is 2.21. The van der Waals surface area contributed by atoms with Crippen LogP contribution in [-0.4, -0.2) is 29.6 Å². The summed E-state index contributed by atoms with van der Waals surface area (Å²) in [6.45, 7) is 3.70. The van der Waals surface area contributed by atoms with E-state index in [1.807, 2.05) is 12.1 Å². The third kappa shape index (κ3) is 2.49.